The third kappa shape index (κ3) is 3.84. The van der Waals surface area contributed by atoms with Gasteiger partial charge in [0.1, 0.15) is 0 Å². The molecule has 0 saturated carbocycles. The maximum absolute atomic E-state index is 12.7. The minimum atomic E-state index is -0.534. The van der Waals surface area contributed by atoms with Crippen molar-refractivity contribution in [3.63, 3.8) is 0 Å². The number of benzene rings is 2. The van der Waals surface area contributed by atoms with Gasteiger partial charge in [-0.05, 0) is 35.5 Å². The second kappa shape index (κ2) is 8.13. The minimum absolute atomic E-state index is 0.134. The van der Waals surface area contributed by atoms with Gasteiger partial charge in [0.05, 0.1) is 30.6 Å². The Labute approximate surface area is 164 Å². The number of ether oxygens (including phenoxy) is 2. The number of nitro benzene ring substituents is 1. The third-order valence-electron chi connectivity index (χ3n) is 4.10. The third-order valence-corrected chi connectivity index (χ3v) is 5.00. The monoisotopic (exact) mass is 400 g/mol. The van der Waals surface area contributed by atoms with E-state index in [0.717, 1.165) is 16.7 Å². The number of rotatable bonds is 6. The number of hydrogen-bond donors (Lipinski definition) is 0. The van der Waals surface area contributed by atoms with Crippen LogP contribution in [0.1, 0.15) is 11.1 Å². The minimum Gasteiger partial charge on any atom is -0.493 e. The van der Waals surface area contributed by atoms with Crippen molar-refractivity contribution in [1.82, 2.24) is 4.90 Å². The highest BCUT2D eigenvalue weighted by Gasteiger charge is 2.36. The van der Waals surface area contributed by atoms with E-state index in [1.807, 2.05) is 0 Å². The molecule has 1 saturated heterocycles. The largest absolute Gasteiger partial charge is 0.493 e. The molecule has 2 aromatic rings. The van der Waals surface area contributed by atoms with Gasteiger partial charge in [-0.15, -0.1) is 0 Å². The number of nitrogens with zero attached hydrogens (tertiary/aromatic N) is 2. The Morgan fingerprint density at radius 1 is 1.11 bits per heavy atom. The molecule has 0 radical (unpaired) electrons. The Bertz CT molecular complexity index is 988. The maximum atomic E-state index is 12.7. The van der Waals surface area contributed by atoms with Crippen LogP contribution in [0.3, 0.4) is 0 Å². The zero-order chi connectivity index (χ0) is 20.3. The van der Waals surface area contributed by atoms with Crippen molar-refractivity contribution in [2.75, 3.05) is 14.2 Å². The first-order valence-corrected chi connectivity index (χ1v) is 8.96. The first-order valence-electron chi connectivity index (χ1n) is 8.14. The smallest absolute Gasteiger partial charge is 0.293 e. The second-order valence-corrected chi connectivity index (χ2v) is 6.76. The number of carbonyl (C=O) groups excluding carboxylic acids is 2. The fourth-order valence-corrected chi connectivity index (χ4v) is 3.56. The topological polar surface area (TPSA) is 99.0 Å². The molecule has 0 spiro atoms. The molecule has 1 heterocycles. The van der Waals surface area contributed by atoms with Crippen molar-refractivity contribution in [3.05, 3.63) is 68.6 Å². The molecule has 28 heavy (non-hydrogen) atoms. The predicted octanol–water partition coefficient (Wildman–Crippen LogP) is 3.85. The van der Waals surface area contributed by atoms with Crippen LogP contribution in [0.15, 0.2) is 47.4 Å². The SMILES string of the molecule is COc1ccc(/C=C2/SC(=O)N(Cc3ccccc3[N+](=O)[O-])C2=O)cc1OC. The van der Waals surface area contributed by atoms with Crippen LogP contribution in [0.25, 0.3) is 6.08 Å². The highest BCUT2D eigenvalue weighted by atomic mass is 32.2. The Balaban J connectivity index is 1.86. The summed E-state index contributed by atoms with van der Waals surface area (Å²) < 4.78 is 10.4. The number of thioether (sulfide) groups is 1. The highest BCUT2D eigenvalue weighted by molar-refractivity contribution is 8.18. The first kappa shape index (κ1) is 19.4. The molecule has 2 amide bonds. The van der Waals surface area contributed by atoms with Crippen molar-refractivity contribution >= 4 is 34.7 Å². The lowest BCUT2D eigenvalue weighted by molar-refractivity contribution is -0.385. The maximum Gasteiger partial charge on any atom is 0.293 e. The summed E-state index contributed by atoms with van der Waals surface area (Å²) in [6.07, 6.45) is 1.58. The quantitative estimate of drug-likeness (QED) is 0.412. The number of imide groups is 1. The summed E-state index contributed by atoms with van der Waals surface area (Å²) in [5.41, 5.74) is 0.821. The van der Waals surface area contributed by atoms with Gasteiger partial charge in [0.25, 0.3) is 16.8 Å². The average molecular weight is 400 g/mol. The molecule has 0 aromatic heterocycles. The number of carbonyl (C=O) groups is 2. The van der Waals surface area contributed by atoms with Crippen LogP contribution in [-0.4, -0.2) is 35.2 Å². The Hall–Kier alpha value is -3.33. The van der Waals surface area contributed by atoms with Gasteiger partial charge < -0.3 is 9.47 Å². The Morgan fingerprint density at radius 3 is 2.50 bits per heavy atom. The molecule has 0 atom stereocenters. The molecule has 8 nitrogen and oxygen atoms in total. The van der Waals surface area contributed by atoms with E-state index in [0.29, 0.717) is 22.6 Å². The normalized spacial score (nSPS) is 15.2. The summed E-state index contributed by atoms with van der Waals surface area (Å²) in [4.78, 5) is 36.8. The molecule has 144 valence electrons. The molecule has 3 rings (SSSR count). The number of amides is 2. The van der Waals surface area contributed by atoms with Gasteiger partial charge in [0, 0.05) is 11.6 Å². The molecule has 0 bridgehead atoms. The van der Waals surface area contributed by atoms with Crippen molar-refractivity contribution in [2.45, 2.75) is 6.54 Å². The summed E-state index contributed by atoms with van der Waals surface area (Å²) in [6.45, 7) is -0.162. The Kier molecular flexibility index (Phi) is 5.65. The Morgan fingerprint density at radius 2 is 1.82 bits per heavy atom. The average Bonchev–Trinajstić information content (AvgIpc) is 2.95. The fourth-order valence-electron chi connectivity index (χ4n) is 2.72. The second-order valence-electron chi connectivity index (χ2n) is 5.77. The summed E-state index contributed by atoms with van der Waals surface area (Å²) in [5, 5.41) is 10.7. The van der Waals surface area contributed by atoms with Gasteiger partial charge in [-0.1, -0.05) is 24.3 Å². The molecule has 0 unspecified atom stereocenters. The van der Waals surface area contributed by atoms with Crippen LogP contribution >= 0.6 is 11.8 Å². The van der Waals surface area contributed by atoms with Crippen molar-refractivity contribution < 1.29 is 24.0 Å². The van der Waals surface area contributed by atoms with E-state index >= 15 is 0 Å². The molecule has 0 N–H and O–H groups in total. The van der Waals surface area contributed by atoms with Crippen LogP contribution in [-0.2, 0) is 11.3 Å². The zero-order valence-electron chi connectivity index (χ0n) is 15.1. The van der Waals surface area contributed by atoms with Gasteiger partial charge in [-0.25, -0.2) is 0 Å². The number of hydrogen-bond acceptors (Lipinski definition) is 7. The molecule has 1 fully saturated rings. The lowest BCUT2D eigenvalue weighted by Gasteiger charge is -2.12. The molecule has 9 heteroatoms. The molecule has 2 aromatic carbocycles. The van der Waals surface area contributed by atoms with E-state index in [1.54, 1.807) is 30.3 Å². The lowest BCUT2D eigenvalue weighted by Crippen LogP contribution is -2.27. The van der Waals surface area contributed by atoms with Gasteiger partial charge in [-0.2, -0.15) is 0 Å². The van der Waals surface area contributed by atoms with Crippen LogP contribution in [0.4, 0.5) is 10.5 Å². The van der Waals surface area contributed by atoms with Gasteiger partial charge in [0.15, 0.2) is 11.5 Å². The zero-order valence-corrected chi connectivity index (χ0v) is 15.9. The number of para-hydroxylation sites is 1. The van der Waals surface area contributed by atoms with Gasteiger partial charge in [-0.3, -0.25) is 24.6 Å². The van der Waals surface area contributed by atoms with Crippen molar-refractivity contribution in [3.8, 4) is 11.5 Å². The number of methoxy groups -OCH3 is 2. The van der Waals surface area contributed by atoms with Crippen LogP contribution in [0.5, 0.6) is 11.5 Å². The molecule has 0 aliphatic carbocycles. The van der Waals surface area contributed by atoms with Crippen LogP contribution in [0, 0.1) is 10.1 Å². The molecule has 1 aliphatic rings. The van der Waals surface area contributed by atoms with E-state index in [-0.39, 0.29) is 17.1 Å². The summed E-state index contributed by atoms with van der Waals surface area (Å²) in [5.74, 6) is 0.544. The highest BCUT2D eigenvalue weighted by Crippen LogP contribution is 2.36. The fraction of sp³-hybridized carbons (Fsp3) is 0.158. The summed E-state index contributed by atoms with van der Waals surface area (Å²) in [6, 6.07) is 11.1. The van der Waals surface area contributed by atoms with Crippen molar-refractivity contribution in [2.24, 2.45) is 0 Å². The van der Waals surface area contributed by atoms with Gasteiger partial charge >= 0.3 is 0 Å². The van der Waals surface area contributed by atoms with E-state index in [4.69, 9.17) is 9.47 Å². The van der Waals surface area contributed by atoms with E-state index in [2.05, 4.69) is 0 Å². The lowest BCUT2D eigenvalue weighted by atomic mass is 10.1. The first-order chi connectivity index (χ1) is 13.4. The standard InChI is InChI=1S/C19H16N2O6S/c1-26-15-8-7-12(9-16(15)27-2)10-17-18(22)20(19(23)28-17)11-13-5-3-4-6-14(13)21(24)25/h3-10H,11H2,1-2H3/b17-10+. The predicted molar refractivity (Wildman–Crippen MR) is 104 cm³/mol. The molecular formula is C19H16N2O6S. The van der Waals surface area contributed by atoms with Crippen LogP contribution < -0.4 is 9.47 Å². The van der Waals surface area contributed by atoms with Crippen molar-refractivity contribution in [1.29, 1.82) is 0 Å². The number of nitro groups is 1. The summed E-state index contributed by atoms with van der Waals surface area (Å²) >= 11 is 0.790. The van der Waals surface area contributed by atoms with Crippen LogP contribution in [0.2, 0.25) is 0 Å². The molecular weight excluding hydrogens is 384 g/mol. The van der Waals surface area contributed by atoms with E-state index in [1.165, 1.54) is 32.4 Å². The summed E-state index contributed by atoms with van der Waals surface area (Å²) in [7, 11) is 3.02. The van der Waals surface area contributed by atoms with E-state index < -0.39 is 16.1 Å². The molecule has 1 aliphatic heterocycles. The van der Waals surface area contributed by atoms with E-state index in [9.17, 15) is 19.7 Å². The van der Waals surface area contributed by atoms with Gasteiger partial charge in [0.2, 0.25) is 0 Å².